The topological polar surface area (TPSA) is 59.6 Å². The lowest BCUT2D eigenvalue weighted by Crippen LogP contribution is -2.24. The molecule has 106 valence electrons. The van der Waals surface area contributed by atoms with Crippen LogP contribution in [0.2, 0.25) is 0 Å². The lowest BCUT2D eigenvalue weighted by atomic mass is 10.2. The minimum Gasteiger partial charge on any atom is -0.497 e. The van der Waals surface area contributed by atoms with E-state index >= 15 is 0 Å². The van der Waals surface area contributed by atoms with Crippen molar-refractivity contribution in [2.24, 2.45) is 10.7 Å². The third-order valence-corrected chi connectivity index (χ3v) is 4.21. The first kappa shape index (κ1) is 16.4. The second-order valence-electron chi connectivity index (χ2n) is 4.22. The zero-order chi connectivity index (χ0) is 12.8. The SMILES string of the molecule is COc1cccc(NC(N)=NCC2CCCS2)c1.I. The van der Waals surface area contributed by atoms with Gasteiger partial charge < -0.3 is 15.8 Å². The molecule has 1 aromatic carbocycles. The smallest absolute Gasteiger partial charge is 0.193 e. The summed E-state index contributed by atoms with van der Waals surface area (Å²) in [6.45, 7) is 0.799. The molecule has 4 nitrogen and oxygen atoms in total. The normalized spacial score (nSPS) is 18.8. The maximum absolute atomic E-state index is 5.86. The van der Waals surface area contributed by atoms with E-state index in [2.05, 4.69) is 10.3 Å². The van der Waals surface area contributed by atoms with E-state index in [0.29, 0.717) is 11.2 Å². The second-order valence-corrected chi connectivity index (χ2v) is 5.63. The van der Waals surface area contributed by atoms with Crippen LogP contribution >= 0.6 is 35.7 Å². The number of halogens is 1. The summed E-state index contributed by atoms with van der Waals surface area (Å²) in [5.41, 5.74) is 6.76. The van der Waals surface area contributed by atoms with E-state index < -0.39 is 0 Å². The van der Waals surface area contributed by atoms with Gasteiger partial charge in [0.05, 0.1) is 13.7 Å². The Labute approximate surface area is 135 Å². The summed E-state index contributed by atoms with van der Waals surface area (Å²) >= 11 is 1.99. The van der Waals surface area contributed by atoms with Crippen molar-refractivity contribution in [3.8, 4) is 5.75 Å². The van der Waals surface area contributed by atoms with Crippen LogP contribution in [0.1, 0.15) is 12.8 Å². The predicted molar refractivity (Wildman–Crippen MR) is 94.0 cm³/mol. The number of nitrogens with two attached hydrogens (primary N) is 1. The van der Waals surface area contributed by atoms with Gasteiger partial charge >= 0.3 is 0 Å². The van der Waals surface area contributed by atoms with Crippen molar-refractivity contribution in [2.45, 2.75) is 18.1 Å². The molecular formula is C13H20IN3OS. The van der Waals surface area contributed by atoms with Gasteiger partial charge in [-0.25, -0.2) is 0 Å². The molecule has 0 spiro atoms. The molecule has 0 aromatic heterocycles. The Hall–Kier alpha value is -0.630. The van der Waals surface area contributed by atoms with Gasteiger partial charge in [-0.05, 0) is 30.7 Å². The maximum Gasteiger partial charge on any atom is 0.193 e. The molecule has 1 saturated heterocycles. The highest BCUT2D eigenvalue weighted by atomic mass is 127. The van der Waals surface area contributed by atoms with Crippen LogP contribution in [0.25, 0.3) is 0 Å². The summed E-state index contributed by atoms with van der Waals surface area (Å²) < 4.78 is 5.15. The van der Waals surface area contributed by atoms with Gasteiger partial charge in [-0.15, -0.1) is 24.0 Å². The van der Waals surface area contributed by atoms with Crippen molar-refractivity contribution in [3.05, 3.63) is 24.3 Å². The van der Waals surface area contributed by atoms with Gasteiger partial charge in [0.25, 0.3) is 0 Å². The predicted octanol–water partition coefficient (Wildman–Crippen LogP) is 2.94. The fourth-order valence-corrected chi connectivity index (χ4v) is 3.06. The monoisotopic (exact) mass is 393 g/mol. The van der Waals surface area contributed by atoms with E-state index in [-0.39, 0.29) is 24.0 Å². The Morgan fingerprint density at radius 2 is 2.42 bits per heavy atom. The van der Waals surface area contributed by atoms with Gasteiger partial charge in [0.1, 0.15) is 5.75 Å². The second kappa shape index (κ2) is 8.52. The summed E-state index contributed by atoms with van der Waals surface area (Å²) in [5.74, 6) is 2.53. The number of benzene rings is 1. The first-order valence-electron chi connectivity index (χ1n) is 6.10. The maximum atomic E-state index is 5.86. The van der Waals surface area contributed by atoms with E-state index in [1.807, 2.05) is 36.0 Å². The average molecular weight is 393 g/mol. The molecule has 0 amide bonds. The standard InChI is InChI=1S/C13H19N3OS.HI/c1-17-11-5-2-4-10(8-11)16-13(14)15-9-12-6-3-7-18-12;/h2,4-5,8,12H,3,6-7,9H2,1H3,(H3,14,15,16);1H. The van der Waals surface area contributed by atoms with Crippen molar-refractivity contribution < 1.29 is 4.74 Å². The Morgan fingerprint density at radius 3 is 3.11 bits per heavy atom. The van der Waals surface area contributed by atoms with Crippen LogP contribution in [-0.2, 0) is 0 Å². The van der Waals surface area contributed by atoms with Crippen molar-refractivity contribution in [1.29, 1.82) is 0 Å². The number of hydrogen-bond donors (Lipinski definition) is 2. The number of methoxy groups -OCH3 is 1. The highest BCUT2D eigenvalue weighted by Crippen LogP contribution is 2.26. The van der Waals surface area contributed by atoms with E-state index in [4.69, 9.17) is 10.5 Å². The number of anilines is 1. The van der Waals surface area contributed by atoms with Crippen molar-refractivity contribution in [2.75, 3.05) is 24.7 Å². The van der Waals surface area contributed by atoms with Gasteiger partial charge in [0, 0.05) is 17.0 Å². The number of aliphatic imine (C=N–C) groups is 1. The third-order valence-electron chi connectivity index (χ3n) is 2.83. The first-order valence-corrected chi connectivity index (χ1v) is 7.15. The molecule has 1 aromatic rings. The summed E-state index contributed by atoms with van der Waals surface area (Å²) in [6, 6.07) is 7.65. The summed E-state index contributed by atoms with van der Waals surface area (Å²) in [6.07, 6.45) is 2.55. The van der Waals surface area contributed by atoms with Crippen molar-refractivity contribution in [1.82, 2.24) is 0 Å². The highest BCUT2D eigenvalue weighted by Gasteiger charge is 2.14. The Kier molecular flexibility index (Phi) is 7.37. The molecule has 1 heterocycles. The number of ether oxygens (including phenoxy) is 1. The molecule has 6 heteroatoms. The summed E-state index contributed by atoms with van der Waals surface area (Å²) in [5, 5.41) is 3.71. The number of guanidine groups is 1. The minimum absolute atomic E-state index is 0. The van der Waals surface area contributed by atoms with Crippen LogP contribution in [0, 0.1) is 0 Å². The average Bonchev–Trinajstić information content (AvgIpc) is 2.90. The minimum atomic E-state index is 0. The molecule has 0 bridgehead atoms. The molecule has 19 heavy (non-hydrogen) atoms. The van der Waals surface area contributed by atoms with Crippen LogP contribution in [0.3, 0.4) is 0 Å². The summed E-state index contributed by atoms with van der Waals surface area (Å²) in [7, 11) is 1.65. The number of nitrogens with zero attached hydrogens (tertiary/aromatic N) is 1. The molecule has 0 saturated carbocycles. The largest absolute Gasteiger partial charge is 0.497 e. The zero-order valence-corrected chi connectivity index (χ0v) is 14.1. The van der Waals surface area contributed by atoms with Gasteiger partial charge in [0.2, 0.25) is 0 Å². The molecule has 3 N–H and O–H groups in total. The van der Waals surface area contributed by atoms with Crippen LogP contribution in [0.5, 0.6) is 5.75 Å². The number of thioether (sulfide) groups is 1. The lowest BCUT2D eigenvalue weighted by molar-refractivity contribution is 0.415. The molecule has 1 aliphatic heterocycles. The Morgan fingerprint density at radius 1 is 1.58 bits per heavy atom. The summed E-state index contributed by atoms with van der Waals surface area (Å²) in [4.78, 5) is 4.38. The van der Waals surface area contributed by atoms with Crippen LogP contribution in [0.4, 0.5) is 5.69 Å². The van der Waals surface area contributed by atoms with E-state index in [9.17, 15) is 0 Å². The molecule has 2 rings (SSSR count). The molecule has 1 unspecified atom stereocenters. The lowest BCUT2D eigenvalue weighted by Gasteiger charge is -2.09. The Bertz CT molecular complexity index is 422. The van der Waals surface area contributed by atoms with Crippen molar-refractivity contribution in [3.63, 3.8) is 0 Å². The zero-order valence-electron chi connectivity index (χ0n) is 11.0. The molecule has 1 atom stereocenters. The molecular weight excluding hydrogens is 373 g/mol. The van der Waals surface area contributed by atoms with E-state index in [0.717, 1.165) is 18.0 Å². The van der Waals surface area contributed by atoms with E-state index in [1.165, 1.54) is 18.6 Å². The van der Waals surface area contributed by atoms with Gasteiger partial charge in [-0.3, -0.25) is 4.99 Å². The van der Waals surface area contributed by atoms with Crippen LogP contribution in [0.15, 0.2) is 29.3 Å². The number of hydrogen-bond acceptors (Lipinski definition) is 3. The quantitative estimate of drug-likeness (QED) is 0.469. The third kappa shape index (κ3) is 5.48. The molecule has 1 fully saturated rings. The number of rotatable bonds is 4. The fraction of sp³-hybridized carbons (Fsp3) is 0.462. The molecule has 0 radical (unpaired) electrons. The molecule has 1 aliphatic rings. The van der Waals surface area contributed by atoms with E-state index in [1.54, 1.807) is 7.11 Å². The van der Waals surface area contributed by atoms with Crippen molar-refractivity contribution >= 4 is 47.4 Å². The van der Waals surface area contributed by atoms with Gasteiger partial charge in [-0.2, -0.15) is 11.8 Å². The first-order chi connectivity index (χ1) is 8.78. The molecule has 0 aliphatic carbocycles. The number of nitrogens with one attached hydrogen (secondary N) is 1. The van der Waals surface area contributed by atoms with Crippen LogP contribution in [-0.4, -0.2) is 30.6 Å². The van der Waals surface area contributed by atoms with Gasteiger partial charge in [-0.1, -0.05) is 6.07 Å². The highest BCUT2D eigenvalue weighted by molar-refractivity contribution is 14.0. The fourth-order valence-electron chi connectivity index (χ4n) is 1.88. The Balaban J connectivity index is 0.00000180. The van der Waals surface area contributed by atoms with Gasteiger partial charge in [0.15, 0.2) is 5.96 Å². The van der Waals surface area contributed by atoms with Crippen LogP contribution < -0.4 is 15.8 Å².